The largest absolute Gasteiger partial charge is 0.389 e. The lowest BCUT2D eigenvalue weighted by Gasteiger charge is -2.08. The Balaban J connectivity index is 2.45. The standard InChI is InChI=1S/C13H17F3N2O/c14-13(15,16)8-7-10-3-5-11(6-4-10)18-12(19)2-1-9-17/h3-6H,1-2,7-9,17H2,(H,18,19). The molecule has 0 unspecified atom stereocenters. The molecule has 1 aromatic rings. The van der Waals surface area contributed by atoms with Gasteiger partial charge in [0.2, 0.25) is 5.91 Å². The van der Waals surface area contributed by atoms with Gasteiger partial charge in [0.25, 0.3) is 0 Å². The third-order valence-corrected chi connectivity index (χ3v) is 2.54. The number of rotatable bonds is 6. The Morgan fingerprint density at radius 2 is 1.84 bits per heavy atom. The van der Waals surface area contributed by atoms with Crippen molar-refractivity contribution in [2.45, 2.75) is 31.9 Å². The van der Waals surface area contributed by atoms with Crippen LogP contribution in [0.2, 0.25) is 0 Å². The van der Waals surface area contributed by atoms with Gasteiger partial charge in [0.1, 0.15) is 0 Å². The number of anilines is 1. The topological polar surface area (TPSA) is 55.1 Å². The van der Waals surface area contributed by atoms with Gasteiger partial charge < -0.3 is 11.1 Å². The van der Waals surface area contributed by atoms with Crippen molar-refractivity contribution in [2.24, 2.45) is 5.73 Å². The van der Waals surface area contributed by atoms with Crippen molar-refractivity contribution in [1.29, 1.82) is 0 Å². The smallest absolute Gasteiger partial charge is 0.330 e. The molecule has 19 heavy (non-hydrogen) atoms. The molecule has 0 spiro atoms. The molecule has 0 heterocycles. The number of amides is 1. The van der Waals surface area contributed by atoms with Crippen LogP contribution < -0.4 is 11.1 Å². The molecule has 106 valence electrons. The average molecular weight is 274 g/mol. The Kier molecular flexibility index (Phi) is 5.82. The summed E-state index contributed by atoms with van der Waals surface area (Å²) in [7, 11) is 0. The first kappa shape index (κ1) is 15.5. The number of hydrogen-bond acceptors (Lipinski definition) is 2. The van der Waals surface area contributed by atoms with E-state index in [9.17, 15) is 18.0 Å². The van der Waals surface area contributed by atoms with Crippen LogP contribution in [0.5, 0.6) is 0 Å². The SMILES string of the molecule is NCCCC(=O)Nc1ccc(CCC(F)(F)F)cc1. The van der Waals surface area contributed by atoms with Crippen LogP contribution in [0, 0.1) is 0 Å². The van der Waals surface area contributed by atoms with Crippen LogP contribution >= 0.6 is 0 Å². The molecule has 3 N–H and O–H groups in total. The van der Waals surface area contributed by atoms with Crippen LogP contribution in [-0.2, 0) is 11.2 Å². The van der Waals surface area contributed by atoms with Crippen LogP contribution in [-0.4, -0.2) is 18.6 Å². The molecule has 0 saturated carbocycles. The van der Waals surface area contributed by atoms with Gasteiger partial charge in [-0.3, -0.25) is 4.79 Å². The maximum Gasteiger partial charge on any atom is 0.389 e. The monoisotopic (exact) mass is 274 g/mol. The van der Waals surface area contributed by atoms with E-state index in [0.29, 0.717) is 30.6 Å². The van der Waals surface area contributed by atoms with E-state index in [2.05, 4.69) is 5.32 Å². The van der Waals surface area contributed by atoms with Crippen LogP contribution in [0.25, 0.3) is 0 Å². The van der Waals surface area contributed by atoms with Crippen molar-refractivity contribution in [1.82, 2.24) is 0 Å². The summed E-state index contributed by atoms with van der Waals surface area (Å²) >= 11 is 0. The molecule has 3 nitrogen and oxygen atoms in total. The Hall–Kier alpha value is -1.56. The normalized spacial score (nSPS) is 11.4. The molecule has 1 amide bonds. The summed E-state index contributed by atoms with van der Waals surface area (Å²) in [6, 6.07) is 6.38. The summed E-state index contributed by atoms with van der Waals surface area (Å²) in [5, 5.41) is 2.66. The number of aryl methyl sites for hydroxylation is 1. The molecule has 0 aliphatic carbocycles. The molecule has 1 rings (SSSR count). The maximum atomic E-state index is 12.0. The molecule has 0 fully saturated rings. The fourth-order valence-electron chi connectivity index (χ4n) is 1.53. The van der Waals surface area contributed by atoms with Crippen LogP contribution in [0.1, 0.15) is 24.8 Å². The summed E-state index contributed by atoms with van der Waals surface area (Å²) in [4.78, 5) is 11.4. The van der Waals surface area contributed by atoms with Gasteiger partial charge in [0, 0.05) is 18.5 Å². The van der Waals surface area contributed by atoms with Crippen molar-refractivity contribution in [3.05, 3.63) is 29.8 Å². The predicted molar refractivity (Wildman–Crippen MR) is 67.7 cm³/mol. The lowest BCUT2D eigenvalue weighted by Crippen LogP contribution is -2.13. The zero-order valence-electron chi connectivity index (χ0n) is 10.5. The minimum absolute atomic E-state index is 0.0507. The molecule has 0 aliphatic rings. The third kappa shape index (κ3) is 6.81. The summed E-state index contributed by atoms with van der Waals surface area (Å²) in [6.45, 7) is 0.448. The molecule has 0 aliphatic heterocycles. The van der Waals surface area contributed by atoms with Gasteiger partial charge in [-0.15, -0.1) is 0 Å². The highest BCUT2D eigenvalue weighted by atomic mass is 19.4. The first-order valence-corrected chi connectivity index (χ1v) is 6.06. The summed E-state index contributed by atoms with van der Waals surface area (Å²) in [6.07, 6.45) is -4.09. The molecular weight excluding hydrogens is 257 g/mol. The minimum Gasteiger partial charge on any atom is -0.330 e. The van der Waals surface area contributed by atoms with E-state index in [1.165, 1.54) is 0 Å². The van der Waals surface area contributed by atoms with Crippen molar-refractivity contribution in [3.8, 4) is 0 Å². The predicted octanol–water partition coefficient (Wildman–Crippen LogP) is 2.86. The number of halogens is 3. The van der Waals surface area contributed by atoms with Crippen molar-refractivity contribution < 1.29 is 18.0 Å². The molecular formula is C13H17F3N2O. The van der Waals surface area contributed by atoms with Crippen LogP contribution in [0.3, 0.4) is 0 Å². The second-order valence-electron chi connectivity index (χ2n) is 4.25. The van der Waals surface area contributed by atoms with E-state index >= 15 is 0 Å². The van der Waals surface area contributed by atoms with Gasteiger partial charge in [-0.2, -0.15) is 13.2 Å². The third-order valence-electron chi connectivity index (χ3n) is 2.54. The zero-order valence-corrected chi connectivity index (χ0v) is 10.5. The Labute approximate surface area is 110 Å². The quantitative estimate of drug-likeness (QED) is 0.838. The molecule has 0 aromatic heterocycles. The van der Waals surface area contributed by atoms with E-state index < -0.39 is 12.6 Å². The molecule has 0 atom stereocenters. The second-order valence-corrected chi connectivity index (χ2v) is 4.25. The van der Waals surface area contributed by atoms with Gasteiger partial charge in [-0.05, 0) is 37.1 Å². The first-order valence-electron chi connectivity index (χ1n) is 6.06. The van der Waals surface area contributed by atoms with Crippen LogP contribution in [0.15, 0.2) is 24.3 Å². The highest BCUT2D eigenvalue weighted by Gasteiger charge is 2.26. The van der Waals surface area contributed by atoms with Crippen LogP contribution in [0.4, 0.5) is 18.9 Å². The number of nitrogens with two attached hydrogens (primary N) is 1. The molecule has 0 radical (unpaired) electrons. The van der Waals surface area contributed by atoms with E-state index in [4.69, 9.17) is 5.73 Å². The number of nitrogens with one attached hydrogen (secondary N) is 1. The van der Waals surface area contributed by atoms with Crippen molar-refractivity contribution in [2.75, 3.05) is 11.9 Å². The van der Waals surface area contributed by atoms with Crippen molar-refractivity contribution in [3.63, 3.8) is 0 Å². The number of benzene rings is 1. The fourth-order valence-corrected chi connectivity index (χ4v) is 1.53. The van der Waals surface area contributed by atoms with Gasteiger partial charge in [0.05, 0.1) is 0 Å². The van der Waals surface area contributed by atoms with Gasteiger partial charge >= 0.3 is 6.18 Å². The van der Waals surface area contributed by atoms with E-state index in [1.807, 2.05) is 0 Å². The Bertz CT molecular complexity index is 401. The first-order chi connectivity index (χ1) is 8.90. The highest BCUT2D eigenvalue weighted by molar-refractivity contribution is 5.90. The highest BCUT2D eigenvalue weighted by Crippen LogP contribution is 2.22. The number of carbonyl (C=O) groups is 1. The molecule has 0 saturated heterocycles. The van der Waals surface area contributed by atoms with Gasteiger partial charge in [-0.25, -0.2) is 0 Å². The average Bonchev–Trinajstić information content (AvgIpc) is 2.34. The molecule has 0 bridgehead atoms. The Morgan fingerprint density at radius 3 is 2.37 bits per heavy atom. The number of alkyl halides is 3. The van der Waals surface area contributed by atoms with Crippen molar-refractivity contribution >= 4 is 11.6 Å². The second kappa shape index (κ2) is 7.13. The minimum atomic E-state index is -4.14. The van der Waals surface area contributed by atoms with Gasteiger partial charge in [0.15, 0.2) is 0 Å². The molecule has 1 aromatic carbocycles. The summed E-state index contributed by atoms with van der Waals surface area (Å²) in [5.41, 5.74) is 6.46. The number of hydrogen-bond donors (Lipinski definition) is 2. The van der Waals surface area contributed by atoms with E-state index in [-0.39, 0.29) is 12.3 Å². The number of carbonyl (C=O) groups excluding carboxylic acids is 1. The lowest BCUT2D eigenvalue weighted by atomic mass is 10.1. The maximum absolute atomic E-state index is 12.0. The van der Waals surface area contributed by atoms with E-state index in [1.54, 1.807) is 24.3 Å². The fraction of sp³-hybridized carbons (Fsp3) is 0.462. The Morgan fingerprint density at radius 1 is 1.21 bits per heavy atom. The molecule has 6 heteroatoms. The van der Waals surface area contributed by atoms with E-state index in [0.717, 1.165) is 0 Å². The lowest BCUT2D eigenvalue weighted by molar-refractivity contribution is -0.134. The summed E-state index contributed by atoms with van der Waals surface area (Å²) in [5.74, 6) is -0.145. The summed E-state index contributed by atoms with van der Waals surface area (Å²) < 4.78 is 36.1. The zero-order chi connectivity index (χ0) is 14.3. The van der Waals surface area contributed by atoms with Gasteiger partial charge in [-0.1, -0.05) is 12.1 Å².